The third-order valence-corrected chi connectivity index (χ3v) is 4.52. The number of carbonyl (C=O) groups is 1. The van der Waals surface area contributed by atoms with Crippen molar-refractivity contribution in [2.45, 2.75) is 20.1 Å². The van der Waals surface area contributed by atoms with Crippen LogP contribution in [-0.4, -0.2) is 58.2 Å². The van der Waals surface area contributed by atoms with Crippen molar-refractivity contribution >= 4 is 6.09 Å². The molecule has 2 heterocycles. The summed E-state index contributed by atoms with van der Waals surface area (Å²) < 4.78 is 12.8. The van der Waals surface area contributed by atoms with Crippen LogP contribution in [0.5, 0.6) is 5.75 Å². The van der Waals surface area contributed by atoms with Gasteiger partial charge in [0.05, 0.1) is 6.61 Å². The van der Waals surface area contributed by atoms with E-state index in [9.17, 15) is 4.79 Å². The molecule has 0 bridgehead atoms. The number of hydrogen-bond acceptors (Lipinski definition) is 5. The van der Waals surface area contributed by atoms with E-state index >= 15 is 0 Å². The zero-order valence-corrected chi connectivity index (χ0v) is 15.4. The Kier molecular flexibility index (Phi) is 6.12. The molecule has 2 aromatic rings. The largest absolute Gasteiger partial charge is 0.486 e. The molecule has 1 aliphatic rings. The number of nitrogens with zero attached hydrogens (tertiary/aromatic N) is 4. The minimum absolute atomic E-state index is 0.207. The number of aryl methyl sites for hydroxylation is 1. The summed E-state index contributed by atoms with van der Waals surface area (Å²) in [5.74, 6) is 1.73. The smallest absolute Gasteiger partial charge is 0.409 e. The number of amides is 1. The first-order valence-corrected chi connectivity index (χ1v) is 8.97. The molecular formula is C19H26N4O3. The Morgan fingerprint density at radius 3 is 2.50 bits per heavy atom. The van der Waals surface area contributed by atoms with E-state index in [0.717, 1.165) is 31.2 Å². The lowest BCUT2D eigenvalue weighted by Crippen LogP contribution is -2.48. The molecule has 1 saturated heterocycles. The number of hydrogen-bond donors (Lipinski definition) is 0. The zero-order chi connectivity index (χ0) is 18.4. The van der Waals surface area contributed by atoms with E-state index in [2.05, 4.69) is 22.0 Å². The summed E-state index contributed by atoms with van der Waals surface area (Å²) in [5, 5.41) is 0. The minimum atomic E-state index is -0.207. The fraction of sp³-hybridized carbons (Fsp3) is 0.474. The van der Waals surface area contributed by atoms with E-state index in [4.69, 9.17) is 9.47 Å². The van der Waals surface area contributed by atoms with Crippen molar-refractivity contribution in [1.29, 1.82) is 0 Å². The molecule has 7 nitrogen and oxygen atoms in total. The van der Waals surface area contributed by atoms with Gasteiger partial charge in [-0.3, -0.25) is 4.90 Å². The molecule has 0 atom stereocenters. The van der Waals surface area contributed by atoms with E-state index in [1.54, 1.807) is 11.1 Å². The molecule has 1 aromatic carbocycles. The summed E-state index contributed by atoms with van der Waals surface area (Å²) in [7, 11) is 1.95. The van der Waals surface area contributed by atoms with Crippen LogP contribution in [0, 0.1) is 0 Å². The molecule has 0 unspecified atom stereocenters. The highest BCUT2D eigenvalue weighted by Crippen LogP contribution is 2.16. The zero-order valence-electron chi connectivity index (χ0n) is 15.4. The summed E-state index contributed by atoms with van der Waals surface area (Å²) in [6.45, 7) is 6.72. The maximum absolute atomic E-state index is 11.7. The van der Waals surface area contributed by atoms with Gasteiger partial charge in [-0.15, -0.1) is 0 Å². The molecule has 0 N–H and O–H groups in total. The minimum Gasteiger partial charge on any atom is -0.486 e. The molecular weight excluding hydrogens is 332 g/mol. The van der Waals surface area contributed by atoms with Crippen molar-refractivity contribution in [2.24, 2.45) is 7.05 Å². The Balaban J connectivity index is 1.45. The summed E-state index contributed by atoms with van der Waals surface area (Å²) in [5.41, 5.74) is 1.24. The number of piperazine rings is 1. The number of ether oxygens (including phenoxy) is 2. The number of benzene rings is 1. The van der Waals surface area contributed by atoms with Crippen LogP contribution < -0.4 is 4.74 Å². The summed E-state index contributed by atoms with van der Waals surface area (Å²) in [6, 6.07) is 8.16. The van der Waals surface area contributed by atoms with Crippen LogP contribution in [0.2, 0.25) is 0 Å². The van der Waals surface area contributed by atoms with Crippen molar-refractivity contribution < 1.29 is 14.3 Å². The standard InChI is InChI=1S/C19H26N4O3/c1-3-25-19(24)23-12-10-22(11-13-23)14-16-4-6-17(7-5-16)26-15-18-20-8-9-21(18)2/h4-9H,3,10-15H2,1-2H3. The summed E-state index contributed by atoms with van der Waals surface area (Å²) in [4.78, 5) is 20.1. The van der Waals surface area contributed by atoms with Gasteiger partial charge in [0.25, 0.3) is 0 Å². The van der Waals surface area contributed by atoms with Crippen LogP contribution in [0.25, 0.3) is 0 Å². The highest BCUT2D eigenvalue weighted by Gasteiger charge is 2.21. The summed E-state index contributed by atoms with van der Waals surface area (Å²) in [6.07, 6.45) is 3.47. The Bertz CT molecular complexity index is 706. The second kappa shape index (κ2) is 8.71. The second-order valence-electron chi connectivity index (χ2n) is 6.35. The van der Waals surface area contributed by atoms with Crippen molar-refractivity contribution in [1.82, 2.24) is 19.4 Å². The average Bonchev–Trinajstić information content (AvgIpc) is 3.07. The van der Waals surface area contributed by atoms with E-state index in [1.165, 1.54) is 5.56 Å². The Morgan fingerprint density at radius 2 is 1.88 bits per heavy atom. The molecule has 0 saturated carbocycles. The van der Waals surface area contributed by atoms with Gasteiger partial charge in [-0.25, -0.2) is 9.78 Å². The topological polar surface area (TPSA) is 59.8 Å². The summed E-state index contributed by atoms with van der Waals surface area (Å²) >= 11 is 0. The molecule has 0 spiro atoms. The van der Waals surface area contributed by atoms with Gasteiger partial charge in [0, 0.05) is 52.2 Å². The highest BCUT2D eigenvalue weighted by atomic mass is 16.6. The van der Waals surface area contributed by atoms with Gasteiger partial charge in [-0.1, -0.05) is 12.1 Å². The second-order valence-corrected chi connectivity index (χ2v) is 6.35. The van der Waals surface area contributed by atoms with Gasteiger partial charge in [-0.2, -0.15) is 0 Å². The van der Waals surface area contributed by atoms with E-state index in [1.807, 2.05) is 36.9 Å². The van der Waals surface area contributed by atoms with E-state index in [0.29, 0.717) is 26.3 Å². The molecule has 0 aliphatic carbocycles. The normalized spacial score (nSPS) is 15.1. The quantitative estimate of drug-likeness (QED) is 0.793. The van der Waals surface area contributed by atoms with Crippen LogP contribution >= 0.6 is 0 Å². The molecule has 0 radical (unpaired) electrons. The molecule has 140 valence electrons. The van der Waals surface area contributed by atoms with Crippen molar-refractivity contribution in [3.63, 3.8) is 0 Å². The molecule has 1 aliphatic heterocycles. The third-order valence-electron chi connectivity index (χ3n) is 4.52. The van der Waals surface area contributed by atoms with Crippen LogP contribution in [0.1, 0.15) is 18.3 Å². The van der Waals surface area contributed by atoms with Gasteiger partial charge < -0.3 is 18.9 Å². The number of rotatable bonds is 6. The van der Waals surface area contributed by atoms with Crippen LogP contribution in [0.4, 0.5) is 4.79 Å². The van der Waals surface area contributed by atoms with Gasteiger partial charge in [0.2, 0.25) is 0 Å². The average molecular weight is 358 g/mol. The van der Waals surface area contributed by atoms with Gasteiger partial charge in [0.1, 0.15) is 18.2 Å². The van der Waals surface area contributed by atoms with E-state index < -0.39 is 0 Å². The Labute approximate surface area is 154 Å². The fourth-order valence-electron chi connectivity index (χ4n) is 2.94. The SMILES string of the molecule is CCOC(=O)N1CCN(Cc2ccc(OCc3nccn3C)cc2)CC1. The van der Waals surface area contributed by atoms with Gasteiger partial charge >= 0.3 is 6.09 Å². The maximum atomic E-state index is 11.7. The lowest BCUT2D eigenvalue weighted by Gasteiger charge is -2.34. The predicted molar refractivity (Wildman–Crippen MR) is 97.9 cm³/mol. The molecule has 26 heavy (non-hydrogen) atoms. The first-order chi connectivity index (χ1) is 12.7. The maximum Gasteiger partial charge on any atom is 0.409 e. The van der Waals surface area contributed by atoms with Crippen LogP contribution in [-0.2, 0) is 24.9 Å². The molecule has 1 aromatic heterocycles. The highest BCUT2D eigenvalue weighted by molar-refractivity contribution is 5.67. The first-order valence-electron chi connectivity index (χ1n) is 8.97. The predicted octanol–water partition coefficient (Wildman–Crippen LogP) is 2.27. The van der Waals surface area contributed by atoms with E-state index in [-0.39, 0.29) is 6.09 Å². The number of aromatic nitrogens is 2. The van der Waals surface area contributed by atoms with Crippen LogP contribution in [0.15, 0.2) is 36.7 Å². The fourth-order valence-corrected chi connectivity index (χ4v) is 2.94. The molecule has 1 fully saturated rings. The Morgan fingerprint density at radius 1 is 1.15 bits per heavy atom. The lowest BCUT2D eigenvalue weighted by atomic mass is 10.2. The molecule has 7 heteroatoms. The monoisotopic (exact) mass is 358 g/mol. The molecule has 3 rings (SSSR count). The van der Waals surface area contributed by atoms with Gasteiger partial charge in [0.15, 0.2) is 0 Å². The van der Waals surface area contributed by atoms with Crippen molar-refractivity contribution in [3.8, 4) is 5.75 Å². The lowest BCUT2D eigenvalue weighted by molar-refractivity contribution is 0.0778. The van der Waals surface area contributed by atoms with Crippen LogP contribution in [0.3, 0.4) is 0 Å². The first kappa shape index (κ1) is 18.3. The van der Waals surface area contributed by atoms with Gasteiger partial charge in [-0.05, 0) is 24.6 Å². The molecule has 1 amide bonds. The van der Waals surface area contributed by atoms with Crippen molar-refractivity contribution in [3.05, 3.63) is 48.0 Å². The van der Waals surface area contributed by atoms with Crippen molar-refractivity contribution in [2.75, 3.05) is 32.8 Å². The number of carbonyl (C=O) groups excluding carboxylic acids is 1. The third kappa shape index (κ3) is 4.76. The Hall–Kier alpha value is -2.54. The number of imidazole rings is 1.